The summed E-state index contributed by atoms with van der Waals surface area (Å²) in [6.45, 7) is 1.76. The first-order chi connectivity index (χ1) is 10.2. The maximum Gasteiger partial charge on any atom is 0.259 e. The van der Waals surface area contributed by atoms with Crippen molar-refractivity contribution in [2.75, 3.05) is 5.32 Å². The molecule has 3 aromatic rings. The molecule has 0 saturated heterocycles. The summed E-state index contributed by atoms with van der Waals surface area (Å²) in [5.74, 6) is 0.186. The summed E-state index contributed by atoms with van der Waals surface area (Å²) in [4.78, 5) is 20.3. The van der Waals surface area contributed by atoms with E-state index < -0.39 is 0 Å². The van der Waals surface area contributed by atoms with E-state index in [1.165, 1.54) is 17.0 Å². The maximum absolute atomic E-state index is 12.3. The van der Waals surface area contributed by atoms with Crippen molar-refractivity contribution >= 4 is 17.4 Å². The second-order valence-corrected chi connectivity index (χ2v) is 4.54. The van der Waals surface area contributed by atoms with Crippen LogP contribution >= 0.6 is 0 Å². The van der Waals surface area contributed by atoms with Gasteiger partial charge in [0.05, 0.1) is 17.9 Å². The Morgan fingerprint density at radius 2 is 2.05 bits per heavy atom. The zero-order valence-corrected chi connectivity index (χ0v) is 11.3. The lowest BCUT2D eigenvalue weighted by molar-refractivity contribution is 0.102. The normalized spacial score (nSPS) is 10.8. The number of benzene rings is 1. The van der Waals surface area contributed by atoms with E-state index in [1.807, 2.05) is 0 Å². The van der Waals surface area contributed by atoms with Gasteiger partial charge in [0.1, 0.15) is 6.33 Å². The number of hydrogen-bond donors (Lipinski definition) is 2. The fraction of sp³-hybridized carbons (Fsp3) is 0.143. The van der Waals surface area contributed by atoms with Gasteiger partial charge in [0.2, 0.25) is 0 Å². The minimum absolute atomic E-state index is 0.0276. The maximum atomic E-state index is 12.3. The Morgan fingerprint density at radius 1 is 1.29 bits per heavy atom. The van der Waals surface area contributed by atoms with Gasteiger partial charge in [-0.25, -0.2) is 9.50 Å². The quantitative estimate of drug-likeness (QED) is 0.753. The molecule has 2 aromatic heterocycles. The van der Waals surface area contributed by atoms with Crippen molar-refractivity contribution in [3.63, 3.8) is 0 Å². The van der Waals surface area contributed by atoms with E-state index in [-0.39, 0.29) is 12.5 Å². The van der Waals surface area contributed by atoms with Crippen LogP contribution in [-0.4, -0.2) is 30.6 Å². The van der Waals surface area contributed by atoms with E-state index in [0.29, 0.717) is 22.7 Å². The number of nitrogens with zero attached hydrogens (tertiary/aromatic N) is 4. The van der Waals surface area contributed by atoms with Crippen molar-refractivity contribution in [1.82, 2.24) is 19.6 Å². The lowest BCUT2D eigenvalue weighted by Gasteiger charge is -2.08. The molecule has 0 spiro atoms. The summed E-state index contributed by atoms with van der Waals surface area (Å²) in [6.07, 6.45) is 2.88. The number of nitrogens with one attached hydrogen (secondary N) is 1. The number of anilines is 1. The average Bonchev–Trinajstić information content (AvgIpc) is 2.98. The first-order valence-corrected chi connectivity index (χ1v) is 6.35. The van der Waals surface area contributed by atoms with Crippen LogP contribution in [0.4, 0.5) is 5.69 Å². The molecular weight excluding hydrogens is 270 g/mol. The predicted octanol–water partition coefficient (Wildman–Crippen LogP) is 1.18. The number of aromatic nitrogens is 4. The highest BCUT2D eigenvalue weighted by Gasteiger charge is 2.13. The minimum Gasteiger partial charge on any atom is -0.392 e. The van der Waals surface area contributed by atoms with Crippen molar-refractivity contribution in [2.24, 2.45) is 0 Å². The van der Waals surface area contributed by atoms with Crippen LogP contribution in [0.15, 0.2) is 36.8 Å². The molecule has 7 heteroatoms. The average molecular weight is 283 g/mol. The van der Waals surface area contributed by atoms with Gasteiger partial charge in [-0.1, -0.05) is 12.1 Å². The molecule has 7 nitrogen and oxygen atoms in total. The van der Waals surface area contributed by atoms with Crippen LogP contribution in [0.5, 0.6) is 0 Å². The molecule has 2 heterocycles. The molecule has 3 rings (SSSR count). The molecule has 106 valence electrons. The molecule has 1 amide bonds. The fourth-order valence-electron chi connectivity index (χ4n) is 2.00. The van der Waals surface area contributed by atoms with E-state index in [4.69, 9.17) is 5.11 Å². The zero-order valence-electron chi connectivity index (χ0n) is 11.3. The van der Waals surface area contributed by atoms with Crippen molar-refractivity contribution in [2.45, 2.75) is 13.5 Å². The molecule has 0 unspecified atom stereocenters. The summed E-state index contributed by atoms with van der Waals surface area (Å²) >= 11 is 0. The standard InChI is InChI=1S/C14H13N5O2/c1-9-12(6-15-14-16-8-17-19(9)14)13(21)18-11-4-2-10(7-20)3-5-11/h2-6,8,20H,7H2,1H3,(H,18,21). The Kier molecular flexibility index (Phi) is 3.33. The molecule has 0 aliphatic carbocycles. The molecule has 0 saturated carbocycles. The van der Waals surface area contributed by atoms with Gasteiger partial charge in [-0.2, -0.15) is 10.1 Å². The van der Waals surface area contributed by atoms with Crippen LogP contribution in [0.3, 0.4) is 0 Å². The molecule has 2 N–H and O–H groups in total. The van der Waals surface area contributed by atoms with Gasteiger partial charge >= 0.3 is 0 Å². The Labute approximate surface area is 120 Å². The lowest BCUT2D eigenvalue weighted by Crippen LogP contribution is -2.16. The number of aryl methyl sites for hydroxylation is 1. The van der Waals surface area contributed by atoms with Gasteiger partial charge in [-0.05, 0) is 24.6 Å². The second kappa shape index (κ2) is 5.29. The van der Waals surface area contributed by atoms with Crippen molar-refractivity contribution in [1.29, 1.82) is 0 Å². The van der Waals surface area contributed by atoms with E-state index in [0.717, 1.165) is 5.56 Å². The van der Waals surface area contributed by atoms with E-state index in [9.17, 15) is 4.79 Å². The van der Waals surface area contributed by atoms with Gasteiger partial charge < -0.3 is 10.4 Å². The minimum atomic E-state index is -0.269. The van der Waals surface area contributed by atoms with Gasteiger partial charge in [-0.3, -0.25) is 4.79 Å². The van der Waals surface area contributed by atoms with Crippen LogP contribution in [0, 0.1) is 6.92 Å². The number of fused-ring (bicyclic) bond motifs is 1. The smallest absolute Gasteiger partial charge is 0.259 e. The summed E-state index contributed by atoms with van der Waals surface area (Å²) in [6, 6.07) is 6.98. The third kappa shape index (κ3) is 2.46. The van der Waals surface area contributed by atoms with Gasteiger partial charge in [0.15, 0.2) is 0 Å². The first-order valence-electron chi connectivity index (χ1n) is 6.35. The van der Waals surface area contributed by atoms with Crippen molar-refractivity contribution in [3.8, 4) is 0 Å². The third-order valence-electron chi connectivity index (χ3n) is 3.19. The number of carbonyl (C=O) groups excluding carboxylic acids is 1. The molecule has 0 bridgehead atoms. The first kappa shape index (κ1) is 13.2. The number of carbonyl (C=O) groups is 1. The van der Waals surface area contributed by atoms with Crippen LogP contribution in [0.2, 0.25) is 0 Å². The van der Waals surface area contributed by atoms with Crippen LogP contribution in [0.1, 0.15) is 21.6 Å². The predicted molar refractivity (Wildman–Crippen MR) is 75.8 cm³/mol. The lowest BCUT2D eigenvalue weighted by atomic mass is 10.2. The van der Waals surface area contributed by atoms with Crippen LogP contribution < -0.4 is 5.32 Å². The van der Waals surface area contributed by atoms with Crippen LogP contribution in [0.25, 0.3) is 5.78 Å². The third-order valence-corrected chi connectivity index (χ3v) is 3.19. The summed E-state index contributed by atoms with van der Waals surface area (Å²) in [7, 11) is 0. The van der Waals surface area contributed by atoms with Crippen LogP contribution in [-0.2, 0) is 6.61 Å². The van der Waals surface area contributed by atoms with E-state index in [2.05, 4.69) is 20.4 Å². The molecule has 0 fully saturated rings. The molecule has 0 radical (unpaired) electrons. The number of aliphatic hydroxyl groups is 1. The van der Waals surface area contributed by atoms with Gasteiger partial charge in [0.25, 0.3) is 11.7 Å². The number of hydrogen-bond acceptors (Lipinski definition) is 5. The zero-order chi connectivity index (χ0) is 14.8. The fourth-order valence-corrected chi connectivity index (χ4v) is 2.00. The Hall–Kier alpha value is -2.80. The molecule has 1 aromatic carbocycles. The van der Waals surface area contributed by atoms with Crippen molar-refractivity contribution < 1.29 is 9.90 Å². The van der Waals surface area contributed by atoms with Gasteiger partial charge in [-0.15, -0.1) is 0 Å². The highest BCUT2D eigenvalue weighted by Crippen LogP contribution is 2.13. The Bertz CT molecular complexity index is 795. The van der Waals surface area contributed by atoms with E-state index >= 15 is 0 Å². The molecular formula is C14H13N5O2. The highest BCUT2D eigenvalue weighted by atomic mass is 16.3. The topological polar surface area (TPSA) is 92.4 Å². The highest BCUT2D eigenvalue weighted by molar-refractivity contribution is 6.04. The second-order valence-electron chi connectivity index (χ2n) is 4.54. The summed E-state index contributed by atoms with van der Waals surface area (Å²) in [5, 5.41) is 15.8. The van der Waals surface area contributed by atoms with Crippen molar-refractivity contribution in [3.05, 3.63) is 53.6 Å². The van der Waals surface area contributed by atoms with E-state index in [1.54, 1.807) is 31.2 Å². The SMILES string of the molecule is Cc1c(C(=O)Nc2ccc(CO)cc2)cnc2ncnn12. The molecule has 0 aliphatic heterocycles. The molecule has 0 aliphatic rings. The molecule has 0 atom stereocenters. The van der Waals surface area contributed by atoms with Gasteiger partial charge in [0, 0.05) is 11.9 Å². The number of amides is 1. The summed E-state index contributed by atoms with van der Waals surface area (Å²) in [5.41, 5.74) is 2.53. The monoisotopic (exact) mass is 283 g/mol. The Balaban J connectivity index is 1.87. The molecule has 21 heavy (non-hydrogen) atoms. The number of rotatable bonds is 3. The Morgan fingerprint density at radius 3 is 2.76 bits per heavy atom. The number of aliphatic hydroxyl groups excluding tert-OH is 1. The summed E-state index contributed by atoms with van der Waals surface area (Å²) < 4.78 is 1.52. The largest absolute Gasteiger partial charge is 0.392 e.